The molecule has 0 bridgehead atoms. The van der Waals surface area contributed by atoms with Crippen molar-refractivity contribution in [3.05, 3.63) is 94.0 Å². The zero-order chi connectivity index (χ0) is 22.8. The second-order valence-electron chi connectivity index (χ2n) is 6.15. The van der Waals surface area contributed by atoms with E-state index in [2.05, 4.69) is 11.8 Å². The molecule has 160 valence electrons. The number of alkyl halides is 3. The summed E-state index contributed by atoms with van der Waals surface area (Å²) in [4.78, 5) is -1.26. The van der Waals surface area contributed by atoms with Gasteiger partial charge < -0.3 is 0 Å². The van der Waals surface area contributed by atoms with Crippen molar-refractivity contribution in [1.29, 1.82) is 0 Å². The Balaban J connectivity index is 1.99. The summed E-state index contributed by atoms with van der Waals surface area (Å²) in [6.07, 6.45) is -5.11. The number of benzene rings is 3. The largest absolute Gasteiger partial charge is 0.419 e. The predicted molar refractivity (Wildman–Crippen MR) is 106 cm³/mol. The maximum absolute atomic E-state index is 14.4. The molecule has 0 heterocycles. The van der Waals surface area contributed by atoms with Gasteiger partial charge in [0, 0.05) is 11.1 Å². The molecule has 0 aromatic heterocycles. The van der Waals surface area contributed by atoms with Gasteiger partial charge in [-0.2, -0.15) is 13.2 Å². The van der Waals surface area contributed by atoms with E-state index in [1.807, 2.05) is 0 Å². The molecular formula is C21H11ClF5NO2S. The first-order valence-electron chi connectivity index (χ1n) is 8.43. The molecule has 0 unspecified atom stereocenters. The molecule has 3 aromatic rings. The van der Waals surface area contributed by atoms with E-state index in [9.17, 15) is 30.4 Å². The molecule has 0 saturated heterocycles. The number of hydrogen-bond acceptors (Lipinski definition) is 2. The Labute approximate surface area is 179 Å². The summed E-state index contributed by atoms with van der Waals surface area (Å²) in [7, 11) is -5.03. The Bertz CT molecular complexity index is 1270. The van der Waals surface area contributed by atoms with Crippen LogP contribution in [0.4, 0.5) is 27.6 Å². The number of nitrogens with one attached hydrogen (secondary N) is 1. The van der Waals surface area contributed by atoms with Gasteiger partial charge in [0.05, 0.1) is 10.6 Å². The first kappa shape index (κ1) is 22.6. The van der Waals surface area contributed by atoms with Gasteiger partial charge in [-0.15, -0.1) is 0 Å². The first-order valence-corrected chi connectivity index (χ1v) is 10.3. The van der Waals surface area contributed by atoms with Crippen molar-refractivity contribution in [1.82, 2.24) is 0 Å². The van der Waals surface area contributed by atoms with Crippen molar-refractivity contribution < 1.29 is 30.4 Å². The lowest BCUT2D eigenvalue weighted by Crippen LogP contribution is -2.20. The van der Waals surface area contributed by atoms with E-state index in [1.54, 1.807) is 30.3 Å². The van der Waals surface area contributed by atoms with E-state index in [4.69, 9.17) is 11.6 Å². The second kappa shape index (κ2) is 8.57. The fourth-order valence-electron chi connectivity index (χ4n) is 2.60. The molecule has 0 aliphatic carbocycles. The van der Waals surface area contributed by atoms with Gasteiger partial charge in [-0.1, -0.05) is 47.7 Å². The first-order chi connectivity index (χ1) is 14.5. The van der Waals surface area contributed by atoms with Crippen LogP contribution in [0.2, 0.25) is 5.02 Å². The highest BCUT2D eigenvalue weighted by molar-refractivity contribution is 7.92. The van der Waals surface area contributed by atoms with Gasteiger partial charge in [-0.25, -0.2) is 17.2 Å². The third kappa shape index (κ3) is 5.16. The zero-order valence-electron chi connectivity index (χ0n) is 15.3. The van der Waals surface area contributed by atoms with Gasteiger partial charge in [0.25, 0.3) is 10.0 Å². The van der Waals surface area contributed by atoms with Crippen molar-refractivity contribution in [2.24, 2.45) is 0 Å². The lowest BCUT2D eigenvalue weighted by molar-refractivity contribution is -0.139. The fourth-order valence-corrected chi connectivity index (χ4v) is 4.26. The summed E-state index contributed by atoms with van der Waals surface area (Å²) in [5.41, 5.74) is -2.30. The molecule has 10 heteroatoms. The minimum Gasteiger partial charge on any atom is -0.274 e. The lowest BCUT2D eigenvalue weighted by atomic mass is 10.1. The van der Waals surface area contributed by atoms with Crippen molar-refractivity contribution >= 4 is 27.3 Å². The Morgan fingerprint density at radius 2 is 1.42 bits per heavy atom. The highest BCUT2D eigenvalue weighted by atomic mass is 35.5. The van der Waals surface area contributed by atoms with Crippen molar-refractivity contribution in [3.8, 4) is 11.8 Å². The molecule has 0 fully saturated rings. The van der Waals surface area contributed by atoms with Crippen LogP contribution in [-0.2, 0) is 16.2 Å². The number of sulfonamides is 1. The molecule has 3 nitrogen and oxygen atoms in total. The third-order valence-electron chi connectivity index (χ3n) is 3.95. The highest BCUT2D eigenvalue weighted by Gasteiger charge is 2.39. The van der Waals surface area contributed by atoms with Crippen LogP contribution < -0.4 is 4.72 Å². The van der Waals surface area contributed by atoms with Gasteiger partial charge in [0.15, 0.2) is 11.6 Å². The Hall–Kier alpha value is -3.09. The normalized spacial score (nSPS) is 11.5. The molecule has 31 heavy (non-hydrogen) atoms. The van der Waals surface area contributed by atoms with Gasteiger partial charge in [0.1, 0.15) is 10.6 Å². The van der Waals surface area contributed by atoms with Gasteiger partial charge in [-0.3, -0.25) is 4.72 Å². The van der Waals surface area contributed by atoms with Crippen LogP contribution in [0.3, 0.4) is 0 Å². The van der Waals surface area contributed by atoms with Crippen LogP contribution in [0.25, 0.3) is 0 Å². The zero-order valence-corrected chi connectivity index (χ0v) is 16.8. The van der Waals surface area contributed by atoms with Crippen LogP contribution >= 0.6 is 11.6 Å². The molecule has 3 aromatic carbocycles. The highest BCUT2D eigenvalue weighted by Crippen LogP contribution is 2.39. The van der Waals surface area contributed by atoms with E-state index < -0.39 is 49.0 Å². The van der Waals surface area contributed by atoms with E-state index in [1.165, 1.54) is 4.72 Å². The predicted octanol–water partition coefficient (Wildman–Crippen LogP) is 5.84. The van der Waals surface area contributed by atoms with E-state index in [0.29, 0.717) is 11.6 Å². The molecule has 1 N–H and O–H groups in total. The summed E-state index contributed by atoms with van der Waals surface area (Å²) in [5, 5.41) is -0.872. The second-order valence-corrected chi connectivity index (χ2v) is 8.21. The van der Waals surface area contributed by atoms with Crippen LogP contribution in [0.1, 0.15) is 16.7 Å². The van der Waals surface area contributed by atoms with Crippen LogP contribution in [0.15, 0.2) is 65.6 Å². The van der Waals surface area contributed by atoms with E-state index in [0.717, 1.165) is 24.3 Å². The maximum atomic E-state index is 14.4. The topological polar surface area (TPSA) is 46.2 Å². The molecular weight excluding hydrogens is 461 g/mol. The van der Waals surface area contributed by atoms with E-state index >= 15 is 0 Å². The number of halogens is 6. The SMILES string of the molecule is O=S(=O)(Nc1c(F)cc(C#Cc2ccccc2)cc1F)c1cccc(Cl)c1C(F)(F)F. The lowest BCUT2D eigenvalue weighted by Gasteiger charge is -2.16. The standard InChI is InChI=1S/C21H11ClF5NO2S/c22-15-7-4-8-18(19(15)21(25,26)27)31(29,30)28-20-16(23)11-14(12-17(20)24)10-9-13-5-2-1-3-6-13/h1-8,11-12,28H. The molecule has 0 amide bonds. The summed E-state index contributed by atoms with van der Waals surface area (Å²) < 4.78 is 95.2. The summed E-state index contributed by atoms with van der Waals surface area (Å²) in [6.45, 7) is 0. The Kier molecular flexibility index (Phi) is 6.25. The van der Waals surface area contributed by atoms with Gasteiger partial charge >= 0.3 is 6.18 Å². The van der Waals surface area contributed by atoms with Crippen molar-refractivity contribution in [3.63, 3.8) is 0 Å². The fraction of sp³-hybridized carbons (Fsp3) is 0.0476. The molecule has 3 rings (SSSR count). The average molecular weight is 472 g/mol. The van der Waals surface area contributed by atoms with Gasteiger partial charge in [0.2, 0.25) is 0 Å². The maximum Gasteiger partial charge on any atom is 0.419 e. The number of hydrogen-bond donors (Lipinski definition) is 1. The average Bonchev–Trinajstić information content (AvgIpc) is 2.69. The smallest absolute Gasteiger partial charge is 0.274 e. The monoisotopic (exact) mass is 471 g/mol. The minimum atomic E-state index is -5.11. The van der Waals surface area contributed by atoms with Crippen LogP contribution in [0.5, 0.6) is 0 Å². The van der Waals surface area contributed by atoms with Crippen molar-refractivity contribution in [2.75, 3.05) is 4.72 Å². The summed E-state index contributed by atoms with van der Waals surface area (Å²) in [5.74, 6) is 2.50. The van der Waals surface area contributed by atoms with Gasteiger partial charge in [-0.05, 0) is 36.4 Å². The van der Waals surface area contributed by atoms with Crippen LogP contribution in [-0.4, -0.2) is 8.42 Å². The number of anilines is 1. The third-order valence-corrected chi connectivity index (χ3v) is 5.66. The number of rotatable bonds is 3. The summed E-state index contributed by atoms with van der Waals surface area (Å²) in [6, 6.07) is 12.5. The Morgan fingerprint density at radius 1 is 0.839 bits per heavy atom. The minimum absolute atomic E-state index is 0.0967. The molecule has 0 saturated carbocycles. The van der Waals surface area contributed by atoms with Crippen LogP contribution in [0, 0.1) is 23.5 Å². The molecule has 0 radical (unpaired) electrons. The molecule has 0 aliphatic heterocycles. The molecule has 0 spiro atoms. The summed E-state index contributed by atoms with van der Waals surface area (Å²) >= 11 is 5.52. The quantitative estimate of drug-likeness (QED) is 0.385. The Morgan fingerprint density at radius 3 is 2.00 bits per heavy atom. The molecule has 0 atom stereocenters. The molecule has 0 aliphatic rings. The van der Waals surface area contributed by atoms with E-state index in [-0.39, 0.29) is 5.56 Å². The van der Waals surface area contributed by atoms with Crippen molar-refractivity contribution in [2.45, 2.75) is 11.1 Å².